The van der Waals surface area contributed by atoms with Gasteiger partial charge in [-0.2, -0.15) is 0 Å². The van der Waals surface area contributed by atoms with E-state index >= 15 is 0 Å². The first-order valence-electron chi connectivity index (χ1n) is 10.7. The van der Waals surface area contributed by atoms with Crippen LogP contribution in [-0.2, 0) is 0 Å². The Bertz CT molecular complexity index is 663. The van der Waals surface area contributed by atoms with E-state index in [1.165, 1.54) is 80.9 Å². The molecule has 0 N–H and O–H groups in total. The third kappa shape index (κ3) is 5.59. The smallest absolute Gasteiger partial charge is 0.0184 e. The fourth-order valence-corrected chi connectivity index (χ4v) is 4.13. The van der Waals surface area contributed by atoms with E-state index < -0.39 is 0 Å². The molecule has 1 unspecified atom stereocenters. The lowest BCUT2D eigenvalue weighted by Gasteiger charge is -2.22. The van der Waals surface area contributed by atoms with Gasteiger partial charge in [0.05, 0.1) is 0 Å². The molecule has 0 aliphatic heterocycles. The second-order valence-corrected chi connectivity index (χ2v) is 7.87. The molecule has 0 aromatic heterocycles. The van der Waals surface area contributed by atoms with E-state index in [-0.39, 0.29) is 0 Å². The van der Waals surface area contributed by atoms with Crippen LogP contribution in [0.1, 0.15) is 76.7 Å². The lowest BCUT2D eigenvalue weighted by Crippen LogP contribution is -2.05. The lowest BCUT2D eigenvalue weighted by molar-refractivity contribution is 0.423. The number of unbranched alkanes of at least 4 members (excludes halogenated alkanes) is 5. The molecule has 0 heteroatoms. The monoisotopic (exact) mass is 346 g/mol. The maximum atomic E-state index is 2.52. The highest BCUT2D eigenvalue weighted by molar-refractivity contribution is 5.70. The number of rotatable bonds is 9. The van der Waals surface area contributed by atoms with Crippen molar-refractivity contribution >= 4 is 5.57 Å². The summed E-state index contributed by atoms with van der Waals surface area (Å²) in [5, 5.41) is 0. The third-order valence-electron chi connectivity index (χ3n) is 5.85. The van der Waals surface area contributed by atoms with Gasteiger partial charge in [0.2, 0.25) is 0 Å². The standard InChI is InChI=1S/C26H34/c1-2-3-4-5-6-8-11-22-14-16-24(17-15-22)26-20-18-25(19-21-26)23-12-9-7-10-13-23/h7,9-10,12-13,16,18-22H,2-6,8,11,14-15,17H2,1H3. The molecule has 0 spiro atoms. The molecule has 2 aromatic carbocycles. The molecule has 1 aliphatic carbocycles. The van der Waals surface area contributed by atoms with Crippen molar-refractivity contribution < 1.29 is 0 Å². The average molecular weight is 347 g/mol. The molecule has 0 nitrogen and oxygen atoms in total. The second-order valence-electron chi connectivity index (χ2n) is 7.87. The number of hydrogen-bond acceptors (Lipinski definition) is 0. The van der Waals surface area contributed by atoms with Crippen molar-refractivity contribution in [1.29, 1.82) is 0 Å². The Kier molecular flexibility index (Phi) is 7.55. The summed E-state index contributed by atoms with van der Waals surface area (Å²) in [6.45, 7) is 2.29. The second kappa shape index (κ2) is 10.4. The number of benzene rings is 2. The van der Waals surface area contributed by atoms with E-state index in [2.05, 4.69) is 67.6 Å². The van der Waals surface area contributed by atoms with Crippen LogP contribution in [0.15, 0.2) is 60.7 Å². The van der Waals surface area contributed by atoms with Gasteiger partial charge in [0.1, 0.15) is 0 Å². The highest BCUT2D eigenvalue weighted by Gasteiger charge is 2.15. The molecular weight excluding hydrogens is 312 g/mol. The van der Waals surface area contributed by atoms with Crippen LogP contribution in [0.5, 0.6) is 0 Å². The van der Waals surface area contributed by atoms with Crippen molar-refractivity contribution in [3.63, 3.8) is 0 Å². The molecule has 1 aliphatic rings. The van der Waals surface area contributed by atoms with Gasteiger partial charge < -0.3 is 0 Å². The first-order valence-corrected chi connectivity index (χ1v) is 10.7. The Morgan fingerprint density at radius 3 is 2.08 bits per heavy atom. The number of allylic oxidation sites excluding steroid dienone is 2. The van der Waals surface area contributed by atoms with E-state index in [1.807, 2.05) is 0 Å². The molecular formula is C26H34. The summed E-state index contributed by atoms with van der Waals surface area (Å²) in [7, 11) is 0. The Morgan fingerprint density at radius 1 is 0.731 bits per heavy atom. The Morgan fingerprint density at radius 2 is 1.38 bits per heavy atom. The van der Waals surface area contributed by atoms with Gasteiger partial charge in [-0.15, -0.1) is 0 Å². The summed E-state index contributed by atoms with van der Waals surface area (Å²) in [4.78, 5) is 0. The summed E-state index contributed by atoms with van der Waals surface area (Å²) >= 11 is 0. The average Bonchev–Trinajstić information content (AvgIpc) is 2.72. The molecule has 0 radical (unpaired) electrons. The van der Waals surface area contributed by atoms with Gasteiger partial charge in [-0.3, -0.25) is 0 Å². The molecule has 26 heavy (non-hydrogen) atoms. The molecule has 0 fully saturated rings. The van der Waals surface area contributed by atoms with Crippen LogP contribution in [0, 0.1) is 5.92 Å². The van der Waals surface area contributed by atoms with E-state index in [9.17, 15) is 0 Å². The highest BCUT2D eigenvalue weighted by atomic mass is 14.2. The van der Waals surface area contributed by atoms with Crippen molar-refractivity contribution in [2.24, 2.45) is 5.92 Å². The normalized spacial score (nSPS) is 17.1. The summed E-state index contributed by atoms with van der Waals surface area (Å²) in [5.74, 6) is 0.925. The largest absolute Gasteiger partial charge is 0.0804 e. The fraction of sp³-hybridized carbons (Fsp3) is 0.462. The fourth-order valence-electron chi connectivity index (χ4n) is 4.13. The molecule has 0 saturated carbocycles. The summed E-state index contributed by atoms with van der Waals surface area (Å²) in [6.07, 6.45) is 16.4. The zero-order chi connectivity index (χ0) is 18.0. The minimum absolute atomic E-state index is 0.925. The van der Waals surface area contributed by atoms with Crippen LogP contribution in [0.2, 0.25) is 0 Å². The van der Waals surface area contributed by atoms with Crippen LogP contribution in [0.3, 0.4) is 0 Å². The van der Waals surface area contributed by atoms with Gasteiger partial charge in [-0.25, -0.2) is 0 Å². The topological polar surface area (TPSA) is 0 Å². The summed E-state index contributed by atoms with van der Waals surface area (Å²) < 4.78 is 0. The Hall–Kier alpha value is -1.82. The van der Waals surface area contributed by atoms with Crippen LogP contribution in [0.25, 0.3) is 16.7 Å². The van der Waals surface area contributed by atoms with Gasteiger partial charge in [-0.05, 0) is 47.4 Å². The van der Waals surface area contributed by atoms with Crippen molar-refractivity contribution in [3.8, 4) is 11.1 Å². The zero-order valence-electron chi connectivity index (χ0n) is 16.4. The Labute approximate surface area is 160 Å². The van der Waals surface area contributed by atoms with E-state index in [4.69, 9.17) is 0 Å². The molecule has 0 heterocycles. The maximum Gasteiger partial charge on any atom is -0.0184 e. The minimum Gasteiger partial charge on any atom is -0.0804 e. The Balaban J connectivity index is 1.47. The quantitative estimate of drug-likeness (QED) is 0.401. The first-order chi connectivity index (χ1) is 12.9. The van der Waals surface area contributed by atoms with E-state index in [0.717, 1.165) is 5.92 Å². The van der Waals surface area contributed by atoms with E-state index in [1.54, 1.807) is 5.57 Å². The van der Waals surface area contributed by atoms with Crippen LogP contribution in [-0.4, -0.2) is 0 Å². The van der Waals surface area contributed by atoms with Gasteiger partial charge in [0, 0.05) is 0 Å². The summed E-state index contributed by atoms with van der Waals surface area (Å²) in [6, 6.07) is 19.8. The number of hydrogen-bond donors (Lipinski definition) is 0. The van der Waals surface area contributed by atoms with Gasteiger partial charge >= 0.3 is 0 Å². The van der Waals surface area contributed by atoms with Crippen LogP contribution in [0.4, 0.5) is 0 Å². The molecule has 138 valence electrons. The highest BCUT2D eigenvalue weighted by Crippen LogP contribution is 2.33. The SMILES string of the molecule is CCCCCCCCC1CC=C(c2ccc(-c3ccccc3)cc2)CC1. The first kappa shape index (κ1) is 19.0. The van der Waals surface area contributed by atoms with Gasteiger partial charge in [0.15, 0.2) is 0 Å². The molecule has 0 amide bonds. The zero-order valence-corrected chi connectivity index (χ0v) is 16.4. The van der Waals surface area contributed by atoms with Gasteiger partial charge in [0.25, 0.3) is 0 Å². The minimum atomic E-state index is 0.925. The predicted octanol–water partition coefficient (Wildman–Crippen LogP) is 8.29. The van der Waals surface area contributed by atoms with Crippen LogP contribution >= 0.6 is 0 Å². The van der Waals surface area contributed by atoms with Crippen LogP contribution < -0.4 is 0 Å². The third-order valence-corrected chi connectivity index (χ3v) is 5.85. The molecule has 3 rings (SSSR count). The molecule has 0 bridgehead atoms. The summed E-state index contributed by atoms with van der Waals surface area (Å²) in [5.41, 5.74) is 5.59. The maximum absolute atomic E-state index is 2.52. The van der Waals surface area contributed by atoms with Crippen molar-refractivity contribution in [2.45, 2.75) is 71.1 Å². The van der Waals surface area contributed by atoms with E-state index in [0.29, 0.717) is 0 Å². The predicted molar refractivity (Wildman–Crippen MR) is 115 cm³/mol. The lowest BCUT2D eigenvalue weighted by atomic mass is 9.83. The van der Waals surface area contributed by atoms with Crippen molar-refractivity contribution in [1.82, 2.24) is 0 Å². The molecule has 1 atom stereocenters. The van der Waals surface area contributed by atoms with Gasteiger partial charge in [-0.1, -0.05) is 113 Å². The van der Waals surface area contributed by atoms with Crippen molar-refractivity contribution in [2.75, 3.05) is 0 Å². The molecule has 2 aromatic rings. The molecule has 0 saturated heterocycles. The van der Waals surface area contributed by atoms with Crippen molar-refractivity contribution in [3.05, 3.63) is 66.2 Å².